The molecule has 3 aromatic rings. The Kier molecular flexibility index (Phi) is 8.46. The lowest BCUT2D eigenvalue weighted by atomic mass is 10.0. The third-order valence-corrected chi connectivity index (χ3v) is 8.85. The van der Waals surface area contributed by atoms with Gasteiger partial charge in [0.05, 0.1) is 23.6 Å². The fraction of sp³-hybridized carbons (Fsp3) is 0.321. The summed E-state index contributed by atoms with van der Waals surface area (Å²) < 4.78 is 29.2. The summed E-state index contributed by atoms with van der Waals surface area (Å²) in [6.45, 7) is 2.71. The molecule has 1 heterocycles. The highest BCUT2D eigenvalue weighted by molar-refractivity contribution is 7.89. The second-order valence-electron chi connectivity index (χ2n) is 9.01. The average molecular weight is 527 g/mol. The van der Waals surface area contributed by atoms with Gasteiger partial charge in [-0.25, -0.2) is 8.42 Å². The van der Waals surface area contributed by atoms with Crippen LogP contribution in [0.3, 0.4) is 0 Å². The third-order valence-electron chi connectivity index (χ3n) is 6.73. The second-order valence-corrected chi connectivity index (χ2v) is 11.3. The monoisotopic (exact) mass is 526 g/mol. The molecule has 0 aromatic heterocycles. The van der Waals surface area contributed by atoms with Gasteiger partial charge in [0.25, 0.3) is 5.91 Å². The Labute approximate surface area is 218 Å². The summed E-state index contributed by atoms with van der Waals surface area (Å²) >= 11 is 6.01. The number of benzene rings is 3. The van der Waals surface area contributed by atoms with Crippen molar-refractivity contribution in [3.05, 3.63) is 101 Å². The minimum absolute atomic E-state index is 0.0424. The molecular formula is C28H31ClN2O4S. The summed E-state index contributed by atoms with van der Waals surface area (Å²) in [6.07, 6.45) is 2.27. The number of nitrogens with zero attached hydrogens (tertiary/aromatic N) is 2. The molecule has 1 aliphatic rings. The van der Waals surface area contributed by atoms with Gasteiger partial charge in [-0.1, -0.05) is 61.0 Å². The molecule has 0 radical (unpaired) electrons. The summed E-state index contributed by atoms with van der Waals surface area (Å²) in [5.41, 5.74) is 2.22. The van der Waals surface area contributed by atoms with Crippen LogP contribution in [-0.4, -0.2) is 47.8 Å². The van der Waals surface area contributed by atoms with Crippen molar-refractivity contribution >= 4 is 27.5 Å². The van der Waals surface area contributed by atoms with Gasteiger partial charge in [-0.05, 0) is 66.8 Å². The van der Waals surface area contributed by atoms with Crippen LogP contribution in [0.2, 0.25) is 5.02 Å². The van der Waals surface area contributed by atoms with Gasteiger partial charge in [0.2, 0.25) is 10.0 Å². The first-order chi connectivity index (χ1) is 17.3. The van der Waals surface area contributed by atoms with Crippen LogP contribution in [0.5, 0.6) is 0 Å². The van der Waals surface area contributed by atoms with E-state index in [0.717, 1.165) is 24.0 Å². The maximum atomic E-state index is 13.8. The molecule has 1 fully saturated rings. The Balaban J connectivity index is 1.65. The van der Waals surface area contributed by atoms with E-state index in [1.54, 1.807) is 41.3 Å². The molecular weight excluding hydrogens is 496 g/mol. The summed E-state index contributed by atoms with van der Waals surface area (Å²) in [5.74, 6) is -0.112. The van der Waals surface area contributed by atoms with Crippen molar-refractivity contribution in [2.45, 2.75) is 49.7 Å². The van der Waals surface area contributed by atoms with E-state index in [4.69, 9.17) is 11.6 Å². The maximum Gasteiger partial charge on any atom is 0.254 e. The van der Waals surface area contributed by atoms with Crippen LogP contribution in [0.4, 0.5) is 0 Å². The fourth-order valence-electron chi connectivity index (χ4n) is 4.78. The Morgan fingerprint density at radius 3 is 2.33 bits per heavy atom. The number of rotatable bonds is 9. The number of amides is 1. The van der Waals surface area contributed by atoms with Crippen molar-refractivity contribution < 1.29 is 18.3 Å². The van der Waals surface area contributed by atoms with Gasteiger partial charge < -0.3 is 10.0 Å². The lowest BCUT2D eigenvalue weighted by Gasteiger charge is -2.31. The average Bonchev–Trinajstić information content (AvgIpc) is 3.38. The van der Waals surface area contributed by atoms with Crippen molar-refractivity contribution in [3.63, 3.8) is 0 Å². The van der Waals surface area contributed by atoms with Gasteiger partial charge >= 0.3 is 0 Å². The lowest BCUT2D eigenvalue weighted by Crippen LogP contribution is -2.37. The summed E-state index contributed by atoms with van der Waals surface area (Å²) in [6, 6.07) is 22.4. The van der Waals surface area contributed by atoms with E-state index in [1.165, 1.54) is 16.4 Å². The van der Waals surface area contributed by atoms with Crippen LogP contribution < -0.4 is 0 Å². The van der Waals surface area contributed by atoms with Crippen LogP contribution in [0, 0.1) is 0 Å². The zero-order valence-corrected chi connectivity index (χ0v) is 21.8. The second kappa shape index (κ2) is 11.6. The number of carbonyl (C=O) groups is 1. The Hall–Kier alpha value is -2.71. The molecule has 1 amide bonds. The highest BCUT2D eigenvalue weighted by atomic mass is 35.5. The van der Waals surface area contributed by atoms with E-state index < -0.39 is 10.0 Å². The molecule has 4 rings (SSSR count). The first-order valence-corrected chi connectivity index (χ1v) is 14.0. The molecule has 0 bridgehead atoms. The number of hydrogen-bond donors (Lipinski definition) is 1. The minimum Gasteiger partial charge on any atom is -0.394 e. The highest BCUT2D eigenvalue weighted by Crippen LogP contribution is 2.32. The highest BCUT2D eigenvalue weighted by Gasteiger charge is 2.32. The molecule has 0 unspecified atom stereocenters. The topological polar surface area (TPSA) is 77.9 Å². The van der Waals surface area contributed by atoms with E-state index >= 15 is 0 Å². The maximum absolute atomic E-state index is 13.8. The molecule has 190 valence electrons. The number of halogens is 1. The van der Waals surface area contributed by atoms with Gasteiger partial charge in [-0.2, -0.15) is 4.31 Å². The number of carbonyl (C=O) groups excluding carboxylic acids is 1. The lowest BCUT2D eigenvalue weighted by molar-refractivity contribution is 0.0677. The SMILES string of the molecule is CC[C@@H](c1ccccc1)N(Cc1ccc(C(=O)N2CCC[C@@H]2CO)cc1)S(=O)(=O)c1ccc(Cl)cc1. The van der Waals surface area contributed by atoms with Crippen LogP contribution in [0.15, 0.2) is 83.8 Å². The molecule has 36 heavy (non-hydrogen) atoms. The molecule has 1 N–H and O–H groups in total. The number of aliphatic hydroxyl groups excluding tert-OH is 1. The number of sulfonamides is 1. The van der Waals surface area contributed by atoms with Crippen molar-refractivity contribution in [2.24, 2.45) is 0 Å². The zero-order valence-electron chi connectivity index (χ0n) is 20.3. The van der Waals surface area contributed by atoms with Crippen molar-refractivity contribution in [1.82, 2.24) is 9.21 Å². The fourth-order valence-corrected chi connectivity index (χ4v) is 6.58. The van der Waals surface area contributed by atoms with Crippen molar-refractivity contribution in [3.8, 4) is 0 Å². The van der Waals surface area contributed by atoms with Gasteiger partial charge in [-0.3, -0.25) is 4.79 Å². The minimum atomic E-state index is -3.85. The standard InChI is InChI=1S/C28H31ClN2O4S/c1-2-27(22-7-4-3-5-8-22)31(36(34,35)26-16-14-24(29)15-17-26)19-21-10-12-23(13-11-21)28(33)30-18-6-9-25(30)20-32/h3-5,7-8,10-17,25,27,32H,2,6,9,18-20H2,1H3/t25-,27+/m1/s1. The third kappa shape index (κ3) is 5.65. The van der Waals surface area contributed by atoms with Crippen LogP contribution in [-0.2, 0) is 16.6 Å². The smallest absolute Gasteiger partial charge is 0.254 e. The first kappa shape index (κ1) is 26.4. The largest absolute Gasteiger partial charge is 0.394 e. The molecule has 0 saturated carbocycles. The number of likely N-dealkylation sites (tertiary alicyclic amines) is 1. The van der Waals surface area contributed by atoms with Crippen LogP contribution in [0.25, 0.3) is 0 Å². The normalized spacial score (nSPS) is 16.9. The Morgan fingerprint density at radius 2 is 1.72 bits per heavy atom. The van der Waals surface area contributed by atoms with E-state index in [0.29, 0.717) is 23.6 Å². The van der Waals surface area contributed by atoms with E-state index in [1.807, 2.05) is 37.3 Å². The van der Waals surface area contributed by atoms with Gasteiger partial charge in [0.15, 0.2) is 0 Å². The predicted molar refractivity (Wildman–Crippen MR) is 141 cm³/mol. The Bertz CT molecular complexity index is 1270. The van der Waals surface area contributed by atoms with Crippen molar-refractivity contribution in [1.29, 1.82) is 0 Å². The van der Waals surface area contributed by atoms with E-state index in [9.17, 15) is 18.3 Å². The molecule has 3 aromatic carbocycles. The quantitative estimate of drug-likeness (QED) is 0.411. The predicted octanol–water partition coefficient (Wildman–Crippen LogP) is 5.28. The summed E-state index contributed by atoms with van der Waals surface area (Å²) in [7, 11) is -3.85. The summed E-state index contributed by atoms with van der Waals surface area (Å²) in [4.78, 5) is 14.9. The van der Waals surface area contributed by atoms with E-state index in [-0.39, 0.29) is 36.0 Å². The molecule has 1 aliphatic heterocycles. The van der Waals surface area contributed by atoms with Crippen LogP contribution >= 0.6 is 11.6 Å². The van der Waals surface area contributed by atoms with Gasteiger partial charge in [0, 0.05) is 23.7 Å². The van der Waals surface area contributed by atoms with E-state index in [2.05, 4.69) is 0 Å². The molecule has 0 aliphatic carbocycles. The molecule has 8 heteroatoms. The Morgan fingerprint density at radius 1 is 1.06 bits per heavy atom. The zero-order chi connectivity index (χ0) is 25.7. The molecule has 6 nitrogen and oxygen atoms in total. The molecule has 0 spiro atoms. The van der Waals surface area contributed by atoms with Crippen molar-refractivity contribution in [2.75, 3.05) is 13.2 Å². The number of aliphatic hydroxyl groups is 1. The molecule has 2 atom stereocenters. The summed E-state index contributed by atoms with van der Waals surface area (Å²) in [5, 5.41) is 10.0. The first-order valence-electron chi connectivity index (χ1n) is 12.2. The molecule has 1 saturated heterocycles. The van der Waals surface area contributed by atoms with Crippen LogP contribution in [0.1, 0.15) is 53.7 Å². The van der Waals surface area contributed by atoms with Gasteiger partial charge in [-0.15, -0.1) is 0 Å². The number of hydrogen-bond acceptors (Lipinski definition) is 4. The van der Waals surface area contributed by atoms with Gasteiger partial charge in [0.1, 0.15) is 0 Å².